The molecule has 8 nitrogen and oxygen atoms in total. The van der Waals surface area contributed by atoms with Crippen LogP contribution in [0.15, 0.2) is 48.8 Å². The van der Waals surface area contributed by atoms with Gasteiger partial charge < -0.3 is 15.0 Å². The molecule has 0 unspecified atom stereocenters. The Morgan fingerprint density at radius 3 is 2.69 bits per heavy atom. The quantitative estimate of drug-likeness (QED) is 0.596. The number of ether oxygens (including phenoxy) is 1. The van der Waals surface area contributed by atoms with Crippen molar-refractivity contribution in [2.45, 2.75) is 19.4 Å². The molecule has 32 heavy (non-hydrogen) atoms. The van der Waals surface area contributed by atoms with Gasteiger partial charge in [0.05, 0.1) is 17.8 Å². The van der Waals surface area contributed by atoms with E-state index in [9.17, 15) is 9.59 Å². The van der Waals surface area contributed by atoms with Crippen molar-refractivity contribution in [3.63, 3.8) is 0 Å². The smallest absolute Gasteiger partial charge is 0.274 e. The summed E-state index contributed by atoms with van der Waals surface area (Å²) in [7, 11) is 1.55. The second-order valence-corrected chi connectivity index (χ2v) is 8.03. The maximum absolute atomic E-state index is 12.8. The lowest BCUT2D eigenvalue weighted by Crippen LogP contribution is -2.43. The number of para-hydroxylation sites is 1. The Morgan fingerprint density at radius 1 is 1.22 bits per heavy atom. The number of hydrogen-bond donors (Lipinski definition) is 2. The van der Waals surface area contributed by atoms with Crippen molar-refractivity contribution in [2.24, 2.45) is 5.92 Å². The van der Waals surface area contributed by atoms with E-state index in [1.807, 2.05) is 24.3 Å². The number of carbonyl (C=O) groups is 2. The summed E-state index contributed by atoms with van der Waals surface area (Å²) < 4.78 is 5.33. The molecule has 0 bridgehead atoms. The Hall–Kier alpha value is -3.39. The van der Waals surface area contributed by atoms with Gasteiger partial charge in [-0.1, -0.05) is 23.7 Å². The fraction of sp³-hybridized carbons (Fsp3) is 0.304. The van der Waals surface area contributed by atoms with Gasteiger partial charge in [0.15, 0.2) is 5.69 Å². The molecule has 0 atom stereocenters. The molecule has 9 heteroatoms. The Labute approximate surface area is 190 Å². The highest BCUT2D eigenvalue weighted by atomic mass is 35.5. The molecule has 0 saturated carbocycles. The van der Waals surface area contributed by atoms with Crippen LogP contribution in [0, 0.1) is 5.92 Å². The Bertz CT molecular complexity index is 1090. The summed E-state index contributed by atoms with van der Waals surface area (Å²) in [6.45, 7) is 1.36. The third-order valence-electron chi connectivity index (χ3n) is 5.65. The highest BCUT2D eigenvalue weighted by Gasteiger charge is 2.29. The number of amides is 2. The molecule has 2 amide bonds. The van der Waals surface area contributed by atoms with Gasteiger partial charge in [-0.25, -0.2) is 0 Å². The minimum atomic E-state index is -0.143. The Kier molecular flexibility index (Phi) is 6.70. The first-order chi connectivity index (χ1) is 15.6. The molecular weight excluding hydrogens is 430 g/mol. The largest absolute Gasteiger partial charge is 0.495 e. The summed E-state index contributed by atoms with van der Waals surface area (Å²) in [6, 6.07) is 10.9. The van der Waals surface area contributed by atoms with Crippen LogP contribution in [-0.2, 0) is 11.3 Å². The van der Waals surface area contributed by atoms with Crippen LogP contribution in [0.3, 0.4) is 0 Å². The summed E-state index contributed by atoms with van der Waals surface area (Å²) in [5, 5.41) is 10.6. The number of nitrogens with one attached hydrogen (secondary N) is 2. The van der Waals surface area contributed by atoms with Gasteiger partial charge in [-0.05, 0) is 37.1 Å². The number of piperidine rings is 1. The number of halogens is 1. The summed E-state index contributed by atoms with van der Waals surface area (Å²) >= 11 is 6.14. The first-order valence-electron chi connectivity index (χ1n) is 10.4. The fourth-order valence-electron chi connectivity index (χ4n) is 3.87. The van der Waals surface area contributed by atoms with Gasteiger partial charge >= 0.3 is 0 Å². The molecule has 1 saturated heterocycles. The van der Waals surface area contributed by atoms with Crippen molar-refractivity contribution in [1.29, 1.82) is 0 Å². The van der Waals surface area contributed by atoms with Gasteiger partial charge in [0.2, 0.25) is 5.91 Å². The van der Waals surface area contributed by atoms with Crippen LogP contribution in [0.1, 0.15) is 28.9 Å². The minimum Gasteiger partial charge on any atom is -0.495 e. The monoisotopic (exact) mass is 453 g/mol. The number of H-pyrrole nitrogens is 1. The van der Waals surface area contributed by atoms with Crippen LogP contribution in [0.25, 0.3) is 11.3 Å². The summed E-state index contributed by atoms with van der Waals surface area (Å²) in [4.78, 5) is 31.2. The number of nitrogens with zero attached hydrogens (tertiary/aromatic N) is 3. The van der Waals surface area contributed by atoms with Gasteiger partial charge in [0.25, 0.3) is 5.91 Å². The predicted octanol–water partition coefficient (Wildman–Crippen LogP) is 3.30. The van der Waals surface area contributed by atoms with E-state index >= 15 is 0 Å². The van der Waals surface area contributed by atoms with Crippen LogP contribution in [0.5, 0.6) is 5.75 Å². The van der Waals surface area contributed by atoms with E-state index in [0.717, 1.165) is 16.8 Å². The van der Waals surface area contributed by atoms with Crippen molar-refractivity contribution in [1.82, 2.24) is 25.4 Å². The molecule has 166 valence electrons. The molecule has 2 aromatic heterocycles. The topological polar surface area (TPSA) is 100 Å². The Balaban J connectivity index is 1.30. The first-order valence-corrected chi connectivity index (χ1v) is 10.8. The van der Waals surface area contributed by atoms with Crippen LogP contribution in [0.2, 0.25) is 5.02 Å². The molecule has 2 N–H and O–H groups in total. The molecule has 1 aliphatic rings. The highest BCUT2D eigenvalue weighted by molar-refractivity contribution is 6.32. The van der Waals surface area contributed by atoms with Crippen molar-refractivity contribution in [3.05, 3.63) is 65.1 Å². The summed E-state index contributed by atoms with van der Waals surface area (Å²) in [5.74, 6) is 0.263. The minimum absolute atomic E-state index is 0.0288. The number of carbonyl (C=O) groups excluding carboxylic acids is 2. The number of pyridine rings is 1. The van der Waals surface area contributed by atoms with E-state index in [1.165, 1.54) is 0 Å². The maximum atomic E-state index is 12.8. The SMILES string of the molecule is COc1c(Cl)cccc1CNC(=O)C1CCN(C(=O)c2cc(-c3ccncc3)[nH]n2)CC1. The lowest BCUT2D eigenvalue weighted by atomic mass is 9.95. The molecule has 4 rings (SSSR count). The fourth-order valence-corrected chi connectivity index (χ4v) is 4.14. The number of aromatic amines is 1. The molecule has 1 fully saturated rings. The van der Waals surface area contributed by atoms with Gasteiger partial charge in [-0.2, -0.15) is 5.10 Å². The van der Waals surface area contributed by atoms with Crippen LogP contribution >= 0.6 is 11.6 Å². The zero-order valence-corrected chi connectivity index (χ0v) is 18.4. The van der Waals surface area contributed by atoms with Gasteiger partial charge in [-0.3, -0.25) is 19.7 Å². The molecule has 3 heterocycles. The van der Waals surface area contributed by atoms with Crippen molar-refractivity contribution in [2.75, 3.05) is 20.2 Å². The normalized spacial score (nSPS) is 14.2. The first kappa shape index (κ1) is 21.8. The standard InChI is InChI=1S/C23H24ClN5O3/c1-32-21-17(3-2-4-18(21)24)14-26-22(30)16-7-11-29(12-8-16)23(31)20-13-19(27-28-20)15-5-9-25-10-6-15/h2-6,9-10,13,16H,7-8,11-12,14H2,1H3,(H,26,30)(H,27,28). The third-order valence-corrected chi connectivity index (χ3v) is 5.94. The van der Waals surface area contributed by atoms with E-state index in [0.29, 0.717) is 48.9 Å². The predicted molar refractivity (Wildman–Crippen MR) is 120 cm³/mol. The second kappa shape index (κ2) is 9.82. The van der Waals surface area contributed by atoms with Crippen LogP contribution in [-0.4, -0.2) is 52.1 Å². The lowest BCUT2D eigenvalue weighted by Gasteiger charge is -2.31. The maximum Gasteiger partial charge on any atom is 0.274 e. The average Bonchev–Trinajstić information content (AvgIpc) is 3.33. The van der Waals surface area contributed by atoms with E-state index < -0.39 is 0 Å². The number of rotatable bonds is 6. The molecular formula is C23H24ClN5O3. The Morgan fingerprint density at radius 2 is 1.97 bits per heavy atom. The zero-order valence-electron chi connectivity index (χ0n) is 17.7. The third kappa shape index (κ3) is 4.75. The molecule has 0 spiro atoms. The molecule has 1 aliphatic heterocycles. The molecule has 1 aromatic carbocycles. The summed E-state index contributed by atoms with van der Waals surface area (Å²) in [6.07, 6.45) is 4.59. The number of methoxy groups -OCH3 is 1. The molecule has 0 aliphatic carbocycles. The molecule has 3 aromatic rings. The number of hydrogen-bond acceptors (Lipinski definition) is 5. The number of likely N-dealkylation sites (tertiary alicyclic amines) is 1. The van der Waals surface area contributed by atoms with Crippen molar-refractivity contribution >= 4 is 23.4 Å². The van der Waals surface area contributed by atoms with Gasteiger partial charge in [0.1, 0.15) is 5.75 Å². The zero-order chi connectivity index (χ0) is 22.5. The van der Waals surface area contributed by atoms with Crippen LogP contribution < -0.4 is 10.1 Å². The van der Waals surface area contributed by atoms with E-state index in [1.54, 1.807) is 36.5 Å². The van der Waals surface area contributed by atoms with Crippen molar-refractivity contribution in [3.8, 4) is 17.0 Å². The average molecular weight is 454 g/mol. The highest BCUT2D eigenvalue weighted by Crippen LogP contribution is 2.28. The van der Waals surface area contributed by atoms with E-state index in [2.05, 4.69) is 20.5 Å². The van der Waals surface area contributed by atoms with Crippen LogP contribution in [0.4, 0.5) is 0 Å². The lowest BCUT2D eigenvalue weighted by molar-refractivity contribution is -0.126. The number of benzene rings is 1. The number of aromatic nitrogens is 3. The van der Waals surface area contributed by atoms with E-state index in [-0.39, 0.29) is 17.7 Å². The summed E-state index contributed by atoms with van der Waals surface area (Å²) in [5.41, 5.74) is 2.87. The second-order valence-electron chi connectivity index (χ2n) is 7.62. The van der Waals surface area contributed by atoms with Gasteiger partial charge in [-0.15, -0.1) is 0 Å². The van der Waals surface area contributed by atoms with Crippen molar-refractivity contribution < 1.29 is 14.3 Å². The molecule has 0 radical (unpaired) electrons. The van der Waals surface area contributed by atoms with Gasteiger partial charge in [0, 0.05) is 49.1 Å². The van der Waals surface area contributed by atoms with E-state index in [4.69, 9.17) is 16.3 Å².